The number of aryl methyl sites for hydroxylation is 2. The highest BCUT2D eigenvalue weighted by Crippen LogP contribution is 2.28. The van der Waals surface area contributed by atoms with Crippen LogP contribution >= 0.6 is 0 Å². The lowest BCUT2D eigenvalue weighted by atomic mass is 10.2. The Balaban J connectivity index is 2.12. The van der Waals surface area contributed by atoms with Crippen molar-refractivity contribution in [2.75, 3.05) is 12.4 Å². The van der Waals surface area contributed by atoms with Crippen molar-refractivity contribution in [3.05, 3.63) is 35.8 Å². The lowest BCUT2D eigenvalue weighted by Gasteiger charge is -2.12. The first kappa shape index (κ1) is 16.2. The van der Waals surface area contributed by atoms with Crippen LogP contribution in [-0.2, 0) is 6.54 Å². The molecule has 2 heterocycles. The molecule has 0 spiro atoms. The maximum absolute atomic E-state index is 5.21. The van der Waals surface area contributed by atoms with Crippen LogP contribution < -0.4 is 10.1 Å². The number of hydrogen-bond acceptors (Lipinski definition) is 5. The van der Waals surface area contributed by atoms with E-state index in [4.69, 9.17) is 14.7 Å². The first-order chi connectivity index (χ1) is 11.5. The molecular weight excluding hydrogens is 302 g/mol. The number of rotatable bonds is 5. The molecule has 0 saturated heterocycles. The van der Waals surface area contributed by atoms with Crippen molar-refractivity contribution in [2.24, 2.45) is 0 Å². The summed E-state index contributed by atoms with van der Waals surface area (Å²) in [6, 6.07) is 7.79. The second-order valence-electron chi connectivity index (χ2n) is 6.04. The quantitative estimate of drug-likeness (QED) is 0.767. The van der Waals surface area contributed by atoms with Crippen molar-refractivity contribution in [1.82, 2.24) is 19.7 Å². The summed E-state index contributed by atoms with van der Waals surface area (Å²) in [4.78, 5) is 9.46. The number of ether oxygens (including phenoxy) is 1. The molecule has 2 aromatic heterocycles. The minimum absolute atomic E-state index is 0.246. The molecule has 1 aromatic carbocycles. The van der Waals surface area contributed by atoms with Gasteiger partial charge in [-0.3, -0.25) is 4.68 Å². The molecule has 0 aliphatic rings. The molecule has 1 N–H and O–H groups in total. The monoisotopic (exact) mass is 325 g/mol. The molecule has 0 aliphatic heterocycles. The molecule has 3 rings (SSSR count). The number of fused-ring (bicyclic) bond motifs is 1. The fraction of sp³-hybridized carbons (Fsp3) is 0.389. The minimum atomic E-state index is 0.246. The fourth-order valence-electron chi connectivity index (χ4n) is 2.63. The van der Waals surface area contributed by atoms with E-state index < -0.39 is 0 Å². The van der Waals surface area contributed by atoms with Gasteiger partial charge in [0.05, 0.1) is 12.8 Å². The van der Waals surface area contributed by atoms with E-state index in [-0.39, 0.29) is 5.92 Å². The summed E-state index contributed by atoms with van der Waals surface area (Å²) in [7, 11) is 1.66. The summed E-state index contributed by atoms with van der Waals surface area (Å²) in [6.07, 6.45) is 0. The molecule has 0 bridgehead atoms. The SMILES string of the molecule is CCn1nc(C)c2nc(C(C)C)nc(Nc3ccc(OC)cc3)c21. The zero-order valence-electron chi connectivity index (χ0n) is 14.8. The second kappa shape index (κ2) is 6.47. The van der Waals surface area contributed by atoms with Crippen LogP contribution in [0, 0.1) is 6.92 Å². The third-order valence-electron chi connectivity index (χ3n) is 3.94. The Morgan fingerprint density at radius 1 is 1.17 bits per heavy atom. The highest BCUT2D eigenvalue weighted by atomic mass is 16.5. The Kier molecular flexibility index (Phi) is 4.38. The lowest BCUT2D eigenvalue weighted by Crippen LogP contribution is -2.06. The van der Waals surface area contributed by atoms with E-state index in [0.29, 0.717) is 0 Å². The maximum Gasteiger partial charge on any atom is 0.160 e. The van der Waals surface area contributed by atoms with Crippen molar-refractivity contribution in [3.8, 4) is 5.75 Å². The van der Waals surface area contributed by atoms with Gasteiger partial charge in [0.15, 0.2) is 5.82 Å². The Morgan fingerprint density at radius 2 is 1.88 bits per heavy atom. The normalized spacial score (nSPS) is 11.2. The van der Waals surface area contributed by atoms with Gasteiger partial charge in [-0.2, -0.15) is 5.10 Å². The van der Waals surface area contributed by atoms with Crippen LogP contribution in [0.15, 0.2) is 24.3 Å². The average Bonchev–Trinajstić information content (AvgIpc) is 2.92. The summed E-state index contributed by atoms with van der Waals surface area (Å²) in [5.41, 5.74) is 3.72. The number of methoxy groups -OCH3 is 1. The average molecular weight is 325 g/mol. The van der Waals surface area contributed by atoms with Gasteiger partial charge < -0.3 is 10.1 Å². The summed E-state index contributed by atoms with van der Waals surface area (Å²) in [5.74, 6) is 2.68. The van der Waals surface area contributed by atoms with E-state index >= 15 is 0 Å². The molecule has 3 aromatic rings. The first-order valence-electron chi connectivity index (χ1n) is 8.19. The summed E-state index contributed by atoms with van der Waals surface area (Å²) in [5, 5.41) is 8.01. The van der Waals surface area contributed by atoms with Gasteiger partial charge in [-0.25, -0.2) is 9.97 Å². The number of aromatic nitrogens is 4. The number of anilines is 2. The number of nitrogens with one attached hydrogen (secondary N) is 1. The molecule has 24 heavy (non-hydrogen) atoms. The van der Waals surface area contributed by atoms with Crippen molar-refractivity contribution in [3.63, 3.8) is 0 Å². The van der Waals surface area contributed by atoms with Gasteiger partial charge >= 0.3 is 0 Å². The molecule has 0 atom stereocenters. The Morgan fingerprint density at radius 3 is 2.46 bits per heavy atom. The van der Waals surface area contributed by atoms with Gasteiger partial charge in [0.2, 0.25) is 0 Å². The maximum atomic E-state index is 5.21. The van der Waals surface area contributed by atoms with Gasteiger partial charge in [0, 0.05) is 18.2 Å². The molecule has 0 amide bonds. The Bertz CT molecular complexity index is 852. The predicted molar refractivity (Wildman–Crippen MR) is 96.1 cm³/mol. The topological polar surface area (TPSA) is 64.9 Å². The highest BCUT2D eigenvalue weighted by molar-refractivity contribution is 5.89. The van der Waals surface area contributed by atoms with E-state index in [0.717, 1.165) is 46.4 Å². The van der Waals surface area contributed by atoms with E-state index in [1.807, 2.05) is 35.9 Å². The first-order valence-corrected chi connectivity index (χ1v) is 8.19. The molecule has 6 heteroatoms. The Hall–Kier alpha value is -2.63. The number of nitrogens with zero attached hydrogens (tertiary/aromatic N) is 4. The second-order valence-corrected chi connectivity index (χ2v) is 6.04. The molecule has 126 valence electrons. The van der Waals surface area contributed by atoms with Gasteiger partial charge in [-0.05, 0) is 38.1 Å². The van der Waals surface area contributed by atoms with Crippen molar-refractivity contribution in [1.29, 1.82) is 0 Å². The minimum Gasteiger partial charge on any atom is -0.497 e. The van der Waals surface area contributed by atoms with Crippen LogP contribution in [0.25, 0.3) is 11.0 Å². The van der Waals surface area contributed by atoms with E-state index in [1.54, 1.807) is 7.11 Å². The third-order valence-corrected chi connectivity index (χ3v) is 3.94. The van der Waals surface area contributed by atoms with Crippen LogP contribution in [0.5, 0.6) is 5.75 Å². The van der Waals surface area contributed by atoms with E-state index in [1.165, 1.54) is 0 Å². The van der Waals surface area contributed by atoms with Crippen LogP contribution in [0.4, 0.5) is 11.5 Å². The van der Waals surface area contributed by atoms with Gasteiger partial charge in [-0.15, -0.1) is 0 Å². The van der Waals surface area contributed by atoms with Gasteiger partial charge in [0.1, 0.15) is 22.6 Å². The van der Waals surface area contributed by atoms with Gasteiger partial charge in [0.25, 0.3) is 0 Å². The standard InChI is InChI=1S/C18H23N5O/c1-6-23-16-15(12(4)22-23)20-17(11(2)3)21-18(16)19-13-7-9-14(24-5)10-8-13/h7-11H,6H2,1-5H3,(H,19,20,21). The zero-order valence-corrected chi connectivity index (χ0v) is 14.8. The third kappa shape index (κ3) is 2.91. The predicted octanol–water partition coefficient (Wildman–Crippen LogP) is 4.03. The van der Waals surface area contributed by atoms with E-state index in [9.17, 15) is 0 Å². The smallest absolute Gasteiger partial charge is 0.160 e. The molecule has 0 unspecified atom stereocenters. The van der Waals surface area contributed by atoms with Crippen LogP contribution in [0.2, 0.25) is 0 Å². The number of benzene rings is 1. The molecule has 0 radical (unpaired) electrons. The molecule has 0 aliphatic carbocycles. The van der Waals surface area contributed by atoms with Crippen LogP contribution in [0.3, 0.4) is 0 Å². The van der Waals surface area contributed by atoms with Crippen LogP contribution in [0.1, 0.15) is 38.2 Å². The molecule has 0 saturated carbocycles. The fourth-order valence-corrected chi connectivity index (χ4v) is 2.63. The Labute approximate surface area is 141 Å². The largest absolute Gasteiger partial charge is 0.497 e. The summed E-state index contributed by atoms with van der Waals surface area (Å²) >= 11 is 0. The summed E-state index contributed by atoms with van der Waals surface area (Å²) < 4.78 is 7.16. The van der Waals surface area contributed by atoms with Gasteiger partial charge in [-0.1, -0.05) is 13.8 Å². The zero-order chi connectivity index (χ0) is 17.3. The number of hydrogen-bond donors (Lipinski definition) is 1. The highest BCUT2D eigenvalue weighted by Gasteiger charge is 2.17. The van der Waals surface area contributed by atoms with Crippen molar-refractivity contribution < 1.29 is 4.74 Å². The molecule has 0 fully saturated rings. The van der Waals surface area contributed by atoms with Crippen molar-refractivity contribution >= 4 is 22.5 Å². The molecule has 6 nitrogen and oxygen atoms in total. The van der Waals surface area contributed by atoms with Crippen LogP contribution in [-0.4, -0.2) is 26.9 Å². The lowest BCUT2D eigenvalue weighted by molar-refractivity contribution is 0.415. The summed E-state index contributed by atoms with van der Waals surface area (Å²) in [6.45, 7) is 9.02. The van der Waals surface area contributed by atoms with Crippen molar-refractivity contribution in [2.45, 2.75) is 40.2 Å². The molecular formula is C18H23N5O. The van der Waals surface area contributed by atoms with E-state index in [2.05, 4.69) is 31.2 Å².